The quantitative estimate of drug-likeness (QED) is 0.814. The van der Waals surface area contributed by atoms with Crippen LogP contribution in [0, 0.1) is 5.92 Å². The highest BCUT2D eigenvalue weighted by molar-refractivity contribution is 5.26. The molecule has 2 aliphatic heterocycles. The zero-order valence-corrected chi connectivity index (χ0v) is 11.4. The van der Waals surface area contributed by atoms with Crippen molar-refractivity contribution in [3.63, 3.8) is 0 Å². The summed E-state index contributed by atoms with van der Waals surface area (Å²) in [6.45, 7) is 9.45. The molecule has 0 radical (unpaired) electrons. The van der Waals surface area contributed by atoms with E-state index in [0.717, 1.165) is 19.0 Å². The summed E-state index contributed by atoms with van der Waals surface area (Å²) in [4.78, 5) is 5.35. The fraction of sp³-hybridized carbons (Fsp3) is 0.733. The lowest BCUT2D eigenvalue weighted by atomic mass is 9.95. The molecule has 2 saturated heterocycles. The van der Waals surface area contributed by atoms with Gasteiger partial charge < -0.3 is 5.32 Å². The van der Waals surface area contributed by atoms with Crippen LogP contribution < -0.4 is 5.32 Å². The molecule has 2 atom stereocenters. The van der Waals surface area contributed by atoms with Crippen molar-refractivity contribution in [3.8, 4) is 0 Å². The Balaban J connectivity index is 1.67. The van der Waals surface area contributed by atoms with E-state index in [0.29, 0.717) is 6.17 Å². The van der Waals surface area contributed by atoms with Gasteiger partial charge in [0.05, 0.1) is 6.17 Å². The molecule has 0 bridgehead atoms. The molecule has 18 heavy (non-hydrogen) atoms. The van der Waals surface area contributed by atoms with Gasteiger partial charge in [0.15, 0.2) is 0 Å². The summed E-state index contributed by atoms with van der Waals surface area (Å²) in [5, 5.41) is 3.56. The van der Waals surface area contributed by atoms with Crippen LogP contribution in [0.25, 0.3) is 0 Å². The zero-order chi connectivity index (χ0) is 12.4. The molecular formula is C15H25N3. The van der Waals surface area contributed by atoms with Crippen LogP contribution in [0.1, 0.15) is 19.8 Å². The van der Waals surface area contributed by atoms with Gasteiger partial charge in [0.1, 0.15) is 0 Å². The summed E-state index contributed by atoms with van der Waals surface area (Å²) in [6, 6.07) is 0. The molecule has 2 heterocycles. The van der Waals surface area contributed by atoms with Crippen molar-refractivity contribution in [2.45, 2.75) is 25.9 Å². The van der Waals surface area contributed by atoms with E-state index in [1.54, 1.807) is 5.57 Å². The van der Waals surface area contributed by atoms with Crippen molar-refractivity contribution < 1.29 is 0 Å². The highest BCUT2D eigenvalue weighted by Gasteiger charge is 2.35. The second kappa shape index (κ2) is 5.55. The molecule has 3 nitrogen and oxygen atoms in total. The third kappa shape index (κ3) is 2.40. The molecule has 2 fully saturated rings. The molecule has 1 aliphatic carbocycles. The van der Waals surface area contributed by atoms with E-state index >= 15 is 0 Å². The minimum atomic E-state index is 0.616. The van der Waals surface area contributed by atoms with Crippen molar-refractivity contribution in [2.75, 3.05) is 39.3 Å². The van der Waals surface area contributed by atoms with E-state index in [1.807, 2.05) is 0 Å². The summed E-state index contributed by atoms with van der Waals surface area (Å²) in [5.74, 6) is 0.792. The van der Waals surface area contributed by atoms with Crippen LogP contribution in [0.4, 0.5) is 0 Å². The molecule has 0 amide bonds. The van der Waals surface area contributed by atoms with Crippen LogP contribution in [0.5, 0.6) is 0 Å². The van der Waals surface area contributed by atoms with Crippen LogP contribution >= 0.6 is 0 Å². The largest absolute Gasteiger partial charge is 0.313 e. The predicted molar refractivity (Wildman–Crippen MR) is 75.4 cm³/mol. The molecule has 3 rings (SSSR count). The molecule has 0 aromatic rings. The number of fused-ring (bicyclic) bond motifs is 1. The van der Waals surface area contributed by atoms with Gasteiger partial charge in [-0.2, -0.15) is 0 Å². The lowest BCUT2D eigenvalue weighted by Gasteiger charge is -2.41. The number of likely N-dealkylation sites (tertiary alicyclic amines) is 1. The van der Waals surface area contributed by atoms with Gasteiger partial charge in [0, 0.05) is 32.7 Å². The minimum absolute atomic E-state index is 0.616. The van der Waals surface area contributed by atoms with Gasteiger partial charge in [-0.25, -0.2) is 0 Å². The van der Waals surface area contributed by atoms with Crippen molar-refractivity contribution in [3.05, 3.63) is 23.8 Å². The number of nitrogens with zero attached hydrogens (tertiary/aromatic N) is 2. The molecule has 3 heteroatoms. The summed E-state index contributed by atoms with van der Waals surface area (Å²) in [5.41, 5.74) is 1.65. The van der Waals surface area contributed by atoms with Crippen LogP contribution in [0.3, 0.4) is 0 Å². The first-order chi connectivity index (χ1) is 8.88. The van der Waals surface area contributed by atoms with Crippen molar-refractivity contribution in [2.24, 2.45) is 5.92 Å². The summed E-state index contributed by atoms with van der Waals surface area (Å²) in [6.07, 6.45) is 10.0. The average molecular weight is 247 g/mol. The van der Waals surface area contributed by atoms with Crippen molar-refractivity contribution in [1.29, 1.82) is 0 Å². The number of allylic oxidation sites excluding steroid dienone is 3. The lowest BCUT2D eigenvalue weighted by Crippen LogP contribution is -2.58. The van der Waals surface area contributed by atoms with Gasteiger partial charge >= 0.3 is 0 Å². The first kappa shape index (κ1) is 12.4. The Labute approximate surface area is 111 Å². The molecule has 100 valence electrons. The number of nitrogens with one attached hydrogen (secondary N) is 1. The Bertz CT molecular complexity index is 346. The Morgan fingerprint density at radius 2 is 2.39 bits per heavy atom. The number of hydrogen-bond donors (Lipinski definition) is 1. The normalized spacial score (nSPS) is 33.5. The molecule has 0 saturated carbocycles. The van der Waals surface area contributed by atoms with E-state index in [2.05, 4.69) is 40.3 Å². The molecule has 0 aromatic carbocycles. The third-order valence-corrected chi connectivity index (χ3v) is 4.49. The van der Waals surface area contributed by atoms with Crippen LogP contribution in [0.15, 0.2) is 23.8 Å². The molecule has 0 aromatic heterocycles. The number of hydrogen-bond acceptors (Lipinski definition) is 3. The van der Waals surface area contributed by atoms with Gasteiger partial charge in [-0.05, 0) is 25.3 Å². The van der Waals surface area contributed by atoms with Gasteiger partial charge in [-0.15, -0.1) is 0 Å². The van der Waals surface area contributed by atoms with Crippen LogP contribution in [0.2, 0.25) is 0 Å². The fourth-order valence-electron chi connectivity index (χ4n) is 3.54. The maximum absolute atomic E-state index is 3.56. The Kier molecular flexibility index (Phi) is 3.83. The first-order valence-corrected chi connectivity index (χ1v) is 7.43. The van der Waals surface area contributed by atoms with Crippen molar-refractivity contribution in [1.82, 2.24) is 15.1 Å². The van der Waals surface area contributed by atoms with Gasteiger partial charge in [-0.1, -0.05) is 30.7 Å². The maximum atomic E-state index is 3.56. The number of piperazine rings is 1. The second-order valence-electron chi connectivity index (χ2n) is 5.75. The average Bonchev–Trinajstić information content (AvgIpc) is 2.83. The molecule has 3 aliphatic rings. The summed E-state index contributed by atoms with van der Waals surface area (Å²) < 4.78 is 0. The summed E-state index contributed by atoms with van der Waals surface area (Å²) >= 11 is 0. The highest BCUT2D eigenvalue weighted by Crippen LogP contribution is 2.30. The Hall–Kier alpha value is -0.640. The number of rotatable bonds is 3. The zero-order valence-electron chi connectivity index (χ0n) is 11.4. The third-order valence-electron chi connectivity index (χ3n) is 4.49. The monoisotopic (exact) mass is 247 g/mol. The van der Waals surface area contributed by atoms with E-state index < -0.39 is 0 Å². The fourth-order valence-corrected chi connectivity index (χ4v) is 3.54. The minimum Gasteiger partial charge on any atom is -0.313 e. The second-order valence-corrected chi connectivity index (χ2v) is 5.75. The summed E-state index contributed by atoms with van der Waals surface area (Å²) in [7, 11) is 0. The van der Waals surface area contributed by atoms with Crippen LogP contribution in [-0.4, -0.2) is 55.2 Å². The van der Waals surface area contributed by atoms with Gasteiger partial charge in [0.2, 0.25) is 0 Å². The standard InChI is InChI=1S/C15H25N3/c1-2-8-17-9-7-16-10-15(17)18-11-13-5-3-4-6-14(13)12-18/h3-5,14-16H,2,6-12H2,1H3. The Morgan fingerprint density at radius 1 is 1.44 bits per heavy atom. The van der Waals surface area contributed by atoms with Gasteiger partial charge in [-0.3, -0.25) is 9.80 Å². The van der Waals surface area contributed by atoms with E-state index in [1.165, 1.54) is 39.0 Å². The molecule has 0 spiro atoms. The van der Waals surface area contributed by atoms with E-state index in [-0.39, 0.29) is 0 Å². The van der Waals surface area contributed by atoms with E-state index in [4.69, 9.17) is 0 Å². The Morgan fingerprint density at radius 3 is 3.22 bits per heavy atom. The van der Waals surface area contributed by atoms with Crippen molar-refractivity contribution >= 4 is 0 Å². The molecule has 1 N–H and O–H groups in total. The maximum Gasteiger partial charge on any atom is 0.0754 e. The van der Waals surface area contributed by atoms with Gasteiger partial charge in [0.25, 0.3) is 0 Å². The predicted octanol–water partition coefficient (Wildman–Crippen LogP) is 1.45. The molecule has 2 unspecified atom stereocenters. The lowest BCUT2D eigenvalue weighted by molar-refractivity contribution is 0.0381. The topological polar surface area (TPSA) is 18.5 Å². The molecular weight excluding hydrogens is 222 g/mol. The first-order valence-electron chi connectivity index (χ1n) is 7.43. The van der Waals surface area contributed by atoms with Crippen LogP contribution in [-0.2, 0) is 0 Å². The highest BCUT2D eigenvalue weighted by atomic mass is 15.4. The SMILES string of the molecule is CCCN1CCNCC1N1CC2=CC=CCC2C1. The van der Waals surface area contributed by atoms with E-state index in [9.17, 15) is 0 Å². The smallest absolute Gasteiger partial charge is 0.0754 e.